The van der Waals surface area contributed by atoms with Crippen molar-refractivity contribution in [1.82, 2.24) is 5.32 Å². The molecule has 3 nitrogen and oxygen atoms in total. The first kappa shape index (κ1) is 10.9. The van der Waals surface area contributed by atoms with Crippen LogP contribution in [-0.2, 0) is 6.42 Å². The number of nitrogens with one attached hydrogen (secondary N) is 1. The zero-order valence-corrected chi connectivity index (χ0v) is 9.16. The molecule has 1 aromatic carbocycles. The molecule has 1 aromatic rings. The fourth-order valence-electron chi connectivity index (χ4n) is 1.75. The van der Waals surface area contributed by atoms with Crippen LogP contribution in [0.5, 0.6) is 5.75 Å². The predicted molar refractivity (Wildman–Crippen MR) is 63.0 cm³/mol. The van der Waals surface area contributed by atoms with E-state index in [1.165, 1.54) is 0 Å². The third-order valence-corrected chi connectivity index (χ3v) is 2.59. The largest absolute Gasteiger partial charge is 0.493 e. The molecule has 1 heterocycles. The number of ether oxygens (including phenoxy) is 1. The summed E-state index contributed by atoms with van der Waals surface area (Å²) >= 11 is 0. The average molecular weight is 217 g/mol. The van der Waals surface area contributed by atoms with Crippen LogP contribution < -0.4 is 10.1 Å². The third kappa shape index (κ3) is 2.31. The maximum atomic E-state index is 11.8. The molecule has 0 amide bonds. The first-order chi connectivity index (χ1) is 7.81. The standard InChI is InChI=1S/C13H15NO2/c1-2-6-14-9-12(15)10-3-4-13-11(8-10)5-7-16-13/h2-4,8,14H,1,5-7,9H2. The van der Waals surface area contributed by atoms with E-state index in [-0.39, 0.29) is 5.78 Å². The molecule has 0 unspecified atom stereocenters. The fraction of sp³-hybridized carbons (Fsp3) is 0.308. The van der Waals surface area contributed by atoms with E-state index in [4.69, 9.17) is 4.74 Å². The molecule has 1 aliphatic heterocycles. The van der Waals surface area contributed by atoms with E-state index in [2.05, 4.69) is 11.9 Å². The van der Waals surface area contributed by atoms with Crippen molar-refractivity contribution in [1.29, 1.82) is 0 Å². The molecule has 16 heavy (non-hydrogen) atoms. The Hall–Kier alpha value is -1.61. The number of ketones is 1. The molecule has 3 heteroatoms. The van der Waals surface area contributed by atoms with Crippen molar-refractivity contribution >= 4 is 5.78 Å². The van der Waals surface area contributed by atoms with E-state index < -0.39 is 0 Å². The van der Waals surface area contributed by atoms with Crippen LogP contribution in [0.25, 0.3) is 0 Å². The molecular formula is C13H15NO2. The number of fused-ring (bicyclic) bond motifs is 1. The summed E-state index contributed by atoms with van der Waals surface area (Å²) in [5.74, 6) is 1.02. The summed E-state index contributed by atoms with van der Waals surface area (Å²) < 4.78 is 5.39. The van der Waals surface area contributed by atoms with Gasteiger partial charge in [0, 0.05) is 18.5 Å². The van der Waals surface area contributed by atoms with Gasteiger partial charge in [0.2, 0.25) is 0 Å². The molecule has 0 atom stereocenters. The van der Waals surface area contributed by atoms with Crippen molar-refractivity contribution in [2.45, 2.75) is 6.42 Å². The second-order valence-electron chi connectivity index (χ2n) is 3.76. The molecule has 0 aliphatic carbocycles. The molecule has 0 saturated carbocycles. The molecular weight excluding hydrogens is 202 g/mol. The predicted octanol–water partition coefficient (Wildman–Crippen LogP) is 1.58. The minimum Gasteiger partial charge on any atom is -0.493 e. The quantitative estimate of drug-likeness (QED) is 0.462. The van der Waals surface area contributed by atoms with Crippen molar-refractivity contribution in [3.8, 4) is 5.75 Å². The highest BCUT2D eigenvalue weighted by Crippen LogP contribution is 2.25. The number of hydrogen-bond donors (Lipinski definition) is 1. The summed E-state index contributed by atoms with van der Waals surface area (Å²) in [5.41, 5.74) is 1.88. The number of rotatable bonds is 5. The highest BCUT2D eigenvalue weighted by atomic mass is 16.5. The number of carbonyl (C=O) groups excluding carboxylic acids is 1. The Morgan fingerprint density at radius 2 is 2.44 bits per heavy atom. The minimum absolute atomic E-state index is 0.108. The van der Waals surface area contributed by atoms with Crippen LogP contribution in [0.15, 0.2) is 30.9 Å². The topological polar surface area (TPSA) is 38.3 Å². The molecule has 0 spiro atoms. The molecule has 2 rings (SSSR count). The second kappa shape index (κ2) is 4.94. The van der Waals surface area contributed by atoms with Gasteiger partial charge in [0.25, 0.3) is 0 Å². The van der Waals surface area contributed by atoms with Crippen molar-refractivity contribution < 1.29 is 9.53 Å². The molecule has 1 aliphatic rings. The number of benzene rings is 1. The first-order valence-electron chi connectivity index (χ1n) is 5.42. The summed E-state index contributed by atoms with van der Waals surface area (Å²) in [4.78, 5) is 11.8. The Balaban J connectivity index is 2.03. The van der Waals surface area contributed by atoms with Gasteiger partial charge in [-0.2, -0.15) is 0 Å². The smallest absolute Gasteiger partial charge is 0.176 e. The van der Waals surface area contributed by atoms with Gasteiger partial charge in [-0.15, -0.1) is 6.58 Å². The van der Waals surface area contributed by atoms with Gasteiger partial charge >= 0.3 is 0 Å². The number of Topliss-reactive ketones (excluding diaryl/α,β-unsaturated/α-hetero) is 1. The lowest BCUT2D eigenvalue weighted by Gasteiger charge is -2.04. The highest BCUT2D eigenvalue weighted by molar-refractivity contribution is 5.98. The Bertz CT molecular complexity index is 412. The lowest BCUT2D eigenvalue weighted by Crippen LogP contribution is -2.22. The Kier molecular flexibility index (Phi) is 3.37. The molecule has 0 saturated heterocycles. The van der Waals surface area contributed by atoms with Gasteiger partial charge in [0.15, 0.2) is 5.78 Å². The normalized spacial score (nSPS) is 13.0. The van der Waals surface area contributed by atoms with Crippen LogP contribution in [0.1, 0.15) is 15.9 Å². The molecule has 0 bridgehead atoms. The monoisotopic (exact) mass is 217 g/mol. The zero-order chi connectivity index (χ0) is 11.4. The Morgan fingerprint density at radius 3 is 3.25 bits per heavy atom. The maximum Gasteiger partial charge on any atom is 0.176 e. The van der Waals surface area contributed by atoms with Crippen LogP contribution in [-0.4, -0.2) is 25.5 Å². The summed E-state index contributed by atoms with van der Waals surface area (Å²) in [6, 6.07) is 5.63. The summed E-state index contributed by atoms with van der Waals surface area (Å²) in [6.45, 7) is 5.32. The lowest BCUT2D eigenvalue weighted by molar-refractivity contribution is 0.0992. The molecule has 0 radical (unpaired) electrons. The van der Waals surface area contributed by atoms with Crippen LogP contribution in [0.3, 0.4) is 0 Å². The van der Waals surface area contributed by atoms with Gasteiger partial charge in [-0.05, 0) is 23.8 Å². The van der Waals surface area contributed by atoms with E-state index in [0.717, 1.165) is 29.9 Å². The van der Waals surface area contributed by atoms with Gasteiger partial charge in [-0.3, -0.25) is 4.79 Å². The number of hydrogen-bond acceptors (Lipinski definition) is 3. The van der Waals surface area contributed by atoms with E-state index in [1.807, 2.05) is 18.2 Å². The molecule has 84 valence electrons. The fourth-order valence-corrected chi connectivity index (χ4v) is 1.75. The summed E-state index contributed by atoms with van der Waals surface area (Å²) in [7, 11) is 0. The van der Waals surface area contributed by atoms with Crippen LogP contribution >= 0.6 is 0 Å². The highest BCUT2D eigenvalue weighted by Gasteiger charge is 2.14. The third-order valence-electron chi connectivity index (χ3n) is 2.59. The molecule has 0 fully saturated rings. The van der Waals surface area contributed by atoms with E-state index in [1.54, 1.807) is 6.08 Å². The van der Waals surface area contributed by atoms with Gasteiger partial charge in [-0.1, -0.05) is 6.08 Å². The lowest BCUT2D eigenvalue weighted by atomic mass is 10.1. The molecule has 1 N–H and O–H groups in total. The number of carbonyl (C=O) groups is 1. The maximum absolute atomic E-state index is 11.8. The summed E-state index contributed by atoms with van der Waals surface area (Å²) in [6.07, 6.45) is 2.64. The average Bonchev–Trinajstić information content (AvgIpc) is 2.76. The SMILES string of the molecule is C=CCNCC(=O)c1ccc2c(c1)CCO2. The Labute approximate surface area is 95.1 Å². The minimum atomic E-state index is 0.108. The second-order valence-corrected chi connectivity index (χ2v) is 3.76. The van der Waals surface area contributed by atoms with Crippen LogP contribution in [0, 0.1) is 0 Å². The van der Waals surface area contributed by atoms with Crippen LogP contribution in [0.2, 0.25) is 0 Å². The van der Waals surface area contributed by atoms with Gasteiger partial charge in [-0.25, -0.2) is 0 Å². The van der Waals surface area contributed by atoms with Crippen LogP contribution in [0.4, 0.5) is 0 Å². The van der Waals surface area contributed by atoms with Gasteiger partial charge in [0.05, 0.1) is 13.2 Å². The van der Waals surface area contributed by atoms with Crippen molar-refractivity contribution in [2.75, 3.05) is 19.7 Å². The Morgan fingerprint density at radius 1 is 1.56 bits per heavy atom. The van der Waals surface area contributed by atoms with Gasteiger partial charge < -0.3 is 10.1 Å². The summed E-state index contributed by atoms with van der Waals surface area (Å²) in [5, 5.41) is 3.00. The van der Waals surface area contributed by atoms with Gasteiger partial charge in [0.1, 0.15) is 5.75 Å². The zero-order valence-electron chi connectivity index (χ0n) is 9.16. The van der Waals surface area contributed by atoms with Crippen molar-refractivity contribution in [3.05, 3.63) is 42.0 Å². The van der Waals surface area contributed by atoms with Crippen molar-refractivity contribution in [3.63, 3.8) is 0 Å². The first-order valence-corrected chi connectivity index (χ1v) is 5.42. The van der Waals surface area contributed by atoms with E-state index >= 15 is 0 Å². The van der Waals surface area contributed by atoms with E-state index in [0.29, 0.717) is 13.1 Å². The van der Waals surface area contributed by atoms with Crippen molar-refractivity contribution in [2.24, 2.45) is 0 Å². The molecule has 0 aromatic heterocycles. The van der Waals surface area contributed by atoms with E-state index in [9.17, 15) is 4.79 Å².